The van der Waals surface area contributed by atoms with Gasteiger partial charge >= 0.3 is 12.2 Å². The van der Waals surface area contributed by atoms with E-state index in [1.54, 1.807) is 41.5 Å². The molecule has 230 valence electrons. The minimum atomic E-state index is -1.04. The van der Waals surface area contributed by atoms with Crippen molar-refractivity contribution in [1.29, 1.82) is 0 Å². The maximum atomic E-state index is 13.4. The monoisotopic (exact) mass is 584 g/mol. The SMILES string of the molecule is CC(C)(C)OC(=O)N[C@@H](Cc1ccccc1)C(=O)NC(CCO)NC(=O)[C@H](Cc1ccccc1)NC(=O)OC(C)(C)C. The van der Waals surface area contributed by atoms with Gasteiger partial charge < -0.3 is 35.8 Å². The van der Waals surface area contributed by atoms with Crippen LogP contribution >= 0.6 is 0 Å². The van der Waals surface area contributed by atoms with Gasteiger partial charge in [0.2, 0.25) is 11.8 Å². The quantitative estimate of drug-likeness (QED) is 0.240. The summed E-state index contributed by atoms with van der Waals surface area (Å²) in [4.78, 5) is 51.9. The van der Waals surface area contributed by atoms with E-state index in [-0.39, 0.29) is 25.9 Å². The lowest BCUT2D eigenvalue weighted by Gasteiger charge is -2.27. The van der Waals surface area contributed by atoms with E-state index in [1.165, 1.54) is 0 Å². The van der Waals surface area contributed by atoms with Gasteiger partial charge in [0.05, 0.1) is 0 Å². The van der Waals surface area contributed by atoms with E-state index in [9.17, 15) is 24.3 Å². The molecular weight excluding hydrogens is 540 g/mol. The molecule has 0 spiro atoms. The molecule has 0 aliphatic carbocycles. The van der Waals surface area contributed by atoms with Crippen LogP contribution in [0.15, 0.2) is 60.7 Å². The molecule has 0 saturated carbocycles. The van der Waals surface area contributed by atoms with Crippen LogP contribution in [0.5, 0.6) is 0 Å². The van der Waals surface area contributed by atoms with Crippen molar-refractivity contribution in [3.63, 3.8) is 0 Å². The van der Waals surface area contributed by atoms with Crippen molar-refractivity contribution in [2.24, 2.45) is 0 Å². The smallest absolute Gasteiger partial charge is 0.408 e. The minimum Gasteiger partial charge on any atom is -0.444 e. The predicted molar refractivity (Wildman–Crippen MR) is 158 cm³/mol. The lowest BCUT2D eigenvalue weighted by Crippen LogP contribution is -2.59. The van der Waals surface area contributed by atoms with Crippen molar-refractivity contribution < 1.29 is 33.8 Å². The third kappa shape index (κ3) is 13.5. The number of alkyl carbamates (subject to hydrolysis) is 2. The van der Waals surface area contributed by atoms with Gasteiger partial charge in [-0.05, 0) is 52.7 Å². The standard InChI is InChI=1S/C31H44N4O7/c1-30(2,3)41-28(39)32-23(19-21-13-9-7-10-14-21)26(37)34-25(17-18-36)35-27(38)24(20-22-15-11-8-12-16-22)33-29(40)42-31(4,5)6/h7-16,23-25,36H,17-20H2,1-6H3,(H,32,39)(H,33,40)(H,34,37)(H,35,38)/t23-,24-/m0/s1. The van der Waals surface area contributed by atoms with Crippen LogP contribution in [0.25, 0.3) is 0 Å². The van der Waals surface area contributed by atoms with E-state index < -0.39 is 53.5 Å². The van der Waals surface area contributed by atoms with Gasteiger partial charge in [-0.25, -0.2) is 9.59 Å². The van der Waals surface area contributed by atoms with Crippen molar-refractivity contribution in [1.82, 2.24) is 21.3 Å². The van der Waals surface area contributed by atoms with E-state index in [2.05, 4.69) is 21.3 Å². The fourth-order valence-electron chi connectivity index (χ4n) is 3.87. The molecule has 0 saturated heterocycles. The molecule has 0 bridgehead atoms. The van der Waals surface area contributed by atoms with Crippen LogP contribution in [0.3, 0.4) is 0 Å². The Balaban J connectivity index is 2.21. The summed E-state index contributed by atoms with van der Waals surface area (Å²) in [5, 5.41) is 20.3. The molecule has 0 aliphatic rings. The average molecular weight is 585 g/mol. The van der Waals surface area contributed by atoms with Crippen molar-refractivity contribution in [3.05, 3.63) is 71.8 Å². The highest BCUT2D eigenvalue weighted by Gasteiger charge is 2.29. The van der Waals surface area contributed by atoms with Gasteiger partial charge in [0, 0.05) is 25.9 Å². The molecule has 5 N–H and O–H groups in total. The van der Waals surface area contributed by atoms with E-state index >= 15 is 0 Å². The van der Waals surface area contributed by atoms with Crippen LogP contribution < -0.4 is 21.3 Å². The predicted octanol–water partition coefficient (Wildman–Crippen LogP) is 3.20. The molecule has 42 heavy (non-hydrogen) atoms. The molecule has 0 unspecified atom stereocenters. The fraction of sp³-hybridized carbons (Fsp3) is 0.484. The van der Waals surface area contributed by atoms with Gasteiger partial charge in [-0.3, -0.25) is 9.59 Å². The summed E-state index contributed by atoms with van der Waals surface area (Å²) in [7, 11) is 0. The molecule has 2 aromatic rings. The molecule has 0 heterocycles. The Morgan fingerprint density at radius 2 is 1.00 bits per heavy atom. The number of ether oxygens (including phenoxy) is 2. The number of rotatable bonds is 12. The molecule has 2 atom stereocenters. The molecule has 4 amide bonds. The number of aliphatic hydroxyl groups excluding tert-OH is 1. The van der Waals surface area contributed by atoms with Gasteiger partial charge in [-0.1, -0.05) is 60.7 Å². The summed E-state index contributed by atoms with van der Waals surface area (Å²) in [6.45, 7) is 9.92. The molecule has 2 aromatic carbocycles. The van der Waals surface area contributed by atoms with Crippen LogP contribution in [0.2, 0.25) is 0 Å². The molecule has 0 aromatic heterocycles. The Morgan fingerprint density at radius 1 is 0.643 bits per heavy atom. The fourth-order valence-corrected chi connectivity index (χ4v) is 3.87. The van der Waals surface area contributed by atoms with Crippen LogP contribution in [0.4, 0.5) is 9.59 Å². The molecule has 0 radical (unpaired) electrons. The van der Waals surface area contributed by atoms with Crippen LogP contribution in [0.1, 0.15) is 59.1 Å². The zero-order valence-corrected chi connectivity index (χ0v) is 25.2. The topological polar surface area (TPSA) is 155 Å². The normalized spacial score (nSPS) is 13.0. The van der Waals surface area contributed by atoms with Crippen LogP contribution in [0, 0.1) is 0 Å². The summed E-state index contributed by atoms with van der Waals surface area (Å²) in [6.07, 6.45) is -2.26. The molecular formula is C31H44N4O7. The number of nitrogens with one attached hydrogen (secondary N) is 4. The first kappa shape index (κ1) is 34.1. The molecule has 0 fully saturated rings. The van der Waals surface area contributed by atoms with Crippen molar-refractivity contribution in [2.45, 2.75) is 90.3 Å². The Hall–Kier alpha value is -4.12. The Morgan fingerprint density at radius 3 is 1.31 bits per heavy atom. The zero-order valence-electron chi connectivity index (χ0n) is 25.2. The number of aliphatic hydroxyl groups is 1. The number of amides is 4. The first-order chi connectivity index (χ1) is 19.6. The Bertz CT molecular complexity index is 1070. The average Bonchev–Trinajstić information content (AvgIpc) is 2.87. The van der Waals surface area contributed by atoms with E-state index in [0.29, 0.717) is 0 Å². The highest BCUT2D eigenvalue weighted by Crippen LogP contribution is 2.11. The number of carbonyl (C=O) groups excluding carboxylic acids is 4. The van der Waals surface area contributed by atoms with Gasteiger partial charge in [0.1, 0.15) is 29.5 Å². The summed E-state index contributed by atoms with van der Waals surface area (Å²) in [5.74, 6) is -1.19. The van der Waals surface area contributed by atoms with Crippen molar-refractivity contribution in [3.8, 4) is 0 Å². The zero-order chi connectivity index (χ0) is 31.3. The molecule has 11 nitrogen and oxygen atoms in total. The van der Waals surface area contributed by atoms with Crippen LogP contribution in [-0.2, 0) is 31.9 Å². The number of hydrogen-bond donors (Lipinski definition) is 5. The van der Waals surface area contributed by atoms with Gasteiger partial charge in [0.15, 0.2) is 0 Å². The summed E-state index contributed by atoms with van der Waals surface area (Å²) >= 11 is 0. The van der Waals surface area contributed by atoms with E-state index in [4.69, 9.17) is 9.47 Å². The molecule has 2 rings (SSSR count). The van der Waals surface area contributed by atoms with E-state index in [0.717, 1.165) is 11.1 Å². The maximum absolute atomic E-state index is 13.4. The Labute approximate surface area is 247 Å². The highest BCUT2D eigenvalue weighted by atomic mass is 16.6. The van der Waals surface area contributed by atoms with E-state index in [1.807, 2.05) is 60.7 Å². The third-order valence-corrected chi connectivity index (χ3v) is 5.63. The van der Waals surface area contributed by atoms with Gasteiger partial charge in [-0.2, -0.15) is 0 Å². The second-order valence-electron chi connectivity index (χ2n) is 11.9. The Kier molecular flexibility index (Phi) is 12.8. The highest BCUT2D eigenvalue weighted by molar-refractivity contribution is 5.88. The van der Waals surface area contributed by atoms with Gasteiger partial charge in [0.25, 0.3) is 0 Å². The minimum absolute atomic E-state index is 0.0214. The molecule has 11 heteroatoms. The van der Waals surface area contributed by atoms with Crippen molar-refractivity contribution in [2.75, 3.05) is 6.61 Å². The molecule has 0 aliphatic heterocycles. The summed E-state index contributed by atoms with van der Waals surface area (Å²) in [5.41, 5.74) is 0.0298. The first-order valence-corrected chi connectivity index (χ1v) is 13.9. The maximum Gasteiger partial charge on any atom is 0.408 e. The number of benzene rings is 2. The largest absolute Gasteiger partial charge is 0.444 e. The van der Waals surface area contributed by atoms with Gasteiger partial charge in [-0.15, -0.1) is 0 Å². The number of hydrogen-bond acceptors (Lipinski definition) is 7. The second-order valence-corrected chi connectivity index (χ2v) is 11.9. The number of carbonyl (C=O) groups is 4. The van der Waals surface area contributed by atoms with Crippen molar-refractivity contribution >= 4 is 24.0 Å². The third-order valence-electron chi connectivity index (χ3n) is 5.63. The van der Waals surface area contributed by atoms with Crippen LogP contribution in [-0.4, -0.2) is 65.2 Å². The summed E-state index contributed by atoms with van der Waals surface area (Å²) in [6, 6.07) is 16.1. The second kappa shape index (κ2) is 15.8. The lowest BCUT2D eigenvalue weighted by molar-refractivity contribution is -0.127. The lowest BCUT2D eigenvalue weighted by atomic mass is 10.0. The first-order valence-electron chi connectivity index (χ1n) is 13.9. The summed E-state index contributed by atoms with van der Waals surface area (Å²) < 4.78 is 10.7.